The van der Waals surface area contributed by atoms with Gasteiger partial charge in [-0.2, -0.15) is 0 Å². The fraction of sp³-hybridized carbons (Fsp3) is 0.389. The third-order valence-corrected chi connectivity index (χ3v) is 4.57. The molecule has 1 fully saturated rings. The molecule has 2 aromatic rings. The van der Waals surface area contributed by atoms with Crippen LogP contribution in [-0.4, -0.2) is 30.4 Å². The van der Waals surface area contributed by atoms with Gasteiger partial charge in [0.1, 0.15) is 12.1 Å². The van der Waals surface area contributed by atoms with E-state index >= 15 is 0 Å². The lowest BCUT2D eigenvalue weighted by Crippen LogP contribution is -2.40. The first kappa shape index (κ1) is 17.0. The summed E-state index contributed by atoms with van der Waals surface area (Å²) in [7, 11) is 1.79. The molecule has 0 aliphatic heterocycles. The van der Waals surface area contributed by atoms with Gasteiger partial charge >= 0.3 is 0 Å². The summed E-state index contributed by atoms with van der Waals surface area (Å²) in [6.07, 6.45) is 8.76. The van der Waals surface area contributed by atoms with Crippen molar-refractivity contribution in [2.75, 3.05) is 17.3 Å². The zero-order chi connectivity index (χ0) is 17.6. The van der Waals surface area contributed by atoms with Crippen LogP contribution in [0.15, 0.2) is 41.3 Å². The summed E-state index contributed by atoms with van der Waals surface area (Å²) in [6.45, 7) is 0. The topological polar surface area (TPSA) is 87.5 Å². The van der Waals surface area contributed by atoms with Gasteiger partial charge in [0.2, 0.25) is 12.3 Å². The van der Waals surface area contributed by atoms with Crippen molar-refractivity contribution in [2.45, 2.75) is 31.7 Å². The van der Waals surface area contributed by atoms with Gasteiger partial charge < -0.3 is 15.1 Å². The predicted octanol–water partition coefficient (Wildman–Crippen LogP) is 2.69. The standard InChI is InChI=1S/C18H22N4O3/c1-19-17-6-5-15(10-20-17)22(16-7-8-25-11-16)18(24)13-3-2-4-14(9-13)21-12-23/h5-8,10-14H,2-4,9H2,1H3,(H,19,20)(H,21,23). The summed E-state index contributed by atoms with van der Waals surface area (Å²) < 4.78 is 5.17. The molecule has 1 aliphatic carbocycles. The van der Waals surface area contributed by atoms with Crippen LogP contribution in [-0.2, 0) is 9.59 Å². The van der Waals surface area contributed by atoms with Crippen LogP contribution in [0.3, 0.4) is 0 Å². The van der Waals surface area contributed by atoms with Crippen LogP contribution in [0.1, 0.15) is 25.7 Å². The summed E-state index contributed by atoms with van der Waals surface area (Å²) in [6, 6.07) is 5.49. The van der Waals surface area contributed by atoms with Gasteiger partial charge in [-0.1, -0.05) is 6.42 Å². The number of anilines is 3. The quantitative estimate of drug-likeness (QED) is 0.788. The fourth-order valence-corrected chi connectivity index (χ4v) is 3.30. The Morgan fingerprint density at radius 2 is 2.20 bits per heavy atom. The molecule has 2 unspecified atom stereocenters. The molecule has 2 amide bonds. The van der Waals surface area contributed by atoms with Crippen molar-refractivity contribution in [3.8, 4) is 0 Å². The van der Waals surface area contributed by atoms with E-state index in [4.69, 9.17) is 4.42 Å². The first-order valence-electron chi connectivity index (χ1n) is 8.42. The number of nitrogens with zero attached hydrogens (tertiary/aromatic N) is 2. The third-order valence-electron chi connectivity index (χ3n) is 4.57. The van der Waals surface area contributed by atoms with Gasteiger partial charge in [0.05, 0.1) is 23.8 Å². The number of furan rings is 1. The number of rotatable bonds is 6. The van der Waals surface area contributed by atoms with Gasteiger partial charge in [-0.25, -0.2) is 4.98 Å². The Morgan fingerprint density at radius 3 is 2.84 bits per heavy atom. The minimum absolute atomic E-state index is 0.00203. The van der Waals surface area contributed by atoms with E-state index in [1.165, 1.54) is 0 Å². The molecule has 7 nitrogen and oxygen atoms in total. The van der Waals surface area contributed by atoms with Crippen molar-refractivity contribution < 1.29 is 14.0 Å². The zero-order valence-corrected chi connectivity index (χ0v) is 14.1. The van der Waals surface area contributed by atoms with Gasteiger partial charge in [-0.05, 0) is 31.4 Å². The van der Waals surface area contributed by atoms with Crippen LogP contribution in [0.4, 0.5) is 17.2 Å². The summed E-state index contributed by atoms with van der Waals surface area (Å²) in [5.41, 5.74) is 1.37. The van der Waals surface area contributed by atoms with Crippen LogP contribution in [0.5, 0.6) is 0 Å². The molecule has 0 bridgehead atoms. The highest BCUT2D eigenvalue weighted by molar-refractivity contribution is 6.01. The van der Waals surface area contributed by atoms with Crippen LogP contribution in [0.25, 0.3) is 0 Å². The number of amides is 2. The van der Waals surface area contributed by atoms with Gasteiger partial charge in [0.25, 0.3) is 0 Å². The Kier molecular flexibility index (Phi) is 5.33. The summed E-state index contributed by atoms with van der Waals surface area (Å²) in [5, 5.41) is 5.77. The monoisotopic (exact) mass is 342 g/mol. The largest absolute Gasteiger partial charge is 0.470 e. The van der Waals surface area contributed by atoms with E-state index < -0.39 is 0 Å². The second-order valence-corrected chi connectivity index (χ2v) is 6.15. The average Bonchev–Trinajstić information content (AvgIpc) is 3.17. The fourth-order valence-electron chi connectivity index (χ4n) is 3.30. The highest BCUT2D eigenvalue weighted by Gasteiger charge is 2.32. The molecule has 1 saturated carbocycles. The van der Waals surface area contributed by atoms with E-state index in [1.807, 2.05) is 12.1 Å². The molecule has 3 rings (SSSR count). The Balaban J connectivity index is 1.86. The number of hydrogen-bond acceptors (Lipinski definition) is 5. The van der Waals surface area contributed by atoms with E-state index in [2.05, 4.69) is 15.6 Å². The number of carbonyl (C=O) groups is 2. The lowest BCUT2D eigenvalue weighted by atomic mass is 9.84. The molecule has 25 heavy (non-hydrogen) atoms. The molecule has 2 aromatic heterocycles. The van der Waals surface area contributed by atoms with Crippen LogP contribution >= 0.6 is 0 Å². The second kappa shape index (κ2) is 7.83. The molecule has 2 heterocycles. The van der Waals surface area contributed by atoms with E-state index in [0.717, 1.165) is 25.1 Å². The van der Waals surface area contributed by atoms with Crippen molar-refractivity contribution in [1.29, 1.82) is 0 Å². The van der Waals surface area contributed by atoms with Crippen molar-refractivity contribution in [1.82, 2.24) is 10.3 Å². The van der Waals surface area contributed by atoms with Crippen molar-refractivity contribution in [2.24, 2.45) is 5.92 Å². The maximum atomic E-state index is 13.2. The highest BCUT2D eigenvalue weighted by atomic mass is 16.3. The molecule has 0 saturated heterocycles. The van der Waals surface area contributed by atoms with E-state index in [9.17, 15) is 9.59 Å². The number of hydrogen-bond donors (Lipinski definition) is 2. The number of nitrogens with one attached hydrogen (secondary N) is 2. The normalized spacial score (nSPS) is 19.9. The molecule has 1 aliphatic rings. The number of aromatic nitrogens is 1. The van der Waals surface area contributed by atoms with Gasteiger partial charge in [0, 0.05) is 25.1 Å². The van der Waals surface area contributed by atoms with Gasteiger partial charge in [0.15, 0.2) is 0 Å². The number of carbonyl (C=O) groups excluding carboxylic acids is 2. The molecule has 0 radical (unpaired) electrons. The van der Waals surface area contributed by atoms with Crippen molar-refractivity contribution in [3.63, 3.8) is 0 Å². The first-order valence-corrected chi connectivity index (χ1v) is 8.42. The van der Waals surface area contributed by atoms with Crippen LogP contribution in [0.2, 0.25) is 0 Å². The lowest BCUT2D eigenvalue weighted by Gasteiger charge is -2.32. The highest BCUT2D eigenvalue weighted by Crippen LogP contribution is 2.32. The SMILES string of the molecule is CNc1ccc(N(C(=O)C2CCCC(NC=O)C2)c2ccoc2)cn1. The lowest BCUT2D eigenvalue weighted by molar-refractivity contribution is -0.123. The van der Waals surface area contributed by atoms with Gasteiger partial charge in [-0.3, -0.25) is 14.5 Å². The third kappa shape index (κ3) is 3.81. The number of pyridine rings is 1. The average molecular weight is 342 g/mol. The van der Waals surface area contributed by atoms with Crippen molar-refractivity contribution in [3.05, 3.63) is 36.9 Å². The maximum Gasteiger partial charge on any atom is 0.234 e. The smallest absolute Gasteiger partial charge is 0.234 e. The maximum absolute atomic E-state index is 13.2. The molecule has 2 N–H and O–H groups in total. The van der Waals surface area contributed by atoms with Crippen LogP contribution < -0.4 is 15.5 Å². The molecule has 0 aromatic carbocycles. The molecular formula is C18H22N4O3. The minimum atomic E-state index is -0.148. The summed E-state index contributed by atoms with van der Waals surface area (Å²) >= 11 is 0. The van der Waals surface area contributed by atoms with E-state index in [-0.39, 0.29) is 17.9 Å². The Labute approximate surface area is 146 Å². The first-order chi connectivity index (χ1) is 12.2. The predicted molar refractivity (Wildman–Crippen MR) is 94.6 cm³/mol. The molecule has 132 valence electrons. The Morgan fingerprint density at radius 1 is 1.32 bits per heavy atom. The summed E-state index contributed by atoms with van der Waals surface area (Å²) in [5.74, 6) is 0.583. The van der Waals surface area contributed by atoms with Crippen molar-refractivity contribution >= 4 is 29.5 Å². The minimum Gasteiger partial charge on any atom is -0.470 e. The van der Waals surface area contributed by atoms with E-state index in [1.54, 1.807) is 36.7 Å². The Hall–Kier alpha value is -2.83. The molecule has 0 spiro atoms. The van der Waals surface area contributed by atoms with E-state index in [0.29, 0.717) is 24.2 Å². The second-order valence-electron chi connectivity index (χ2n) is 6.15. The Bertz CT molecular complexity index is 700. The summed E-state index contributed by atoms with van der Waals surface area (Å²) in [4.78, 5) is 29.9. The molecule has 2 atom stereocenters. The molecular weight excluding hydrogens is 320 g/mol. The zero-order valence-electron chi connectivity index (χ0n) is 14.1. The molecule has 7 heteroatoms. The van der Waals surface area contributed by atoms with Gasteiger partial charge in [-0.15, -0.1) is 0 Å². The van der Waals surface area contributed by atoms with Crippen LogP contribution in [0, 0.1) is 5.92 Å².